The summed E-state index contributed by atoms with van der Waals surface area (Å²) in [6, 6.07) is 27.0. The third-order valence-electron chi connectivity index (χ3n) is 10.5. The summed E-state index contributed by atoms with van der Waals surface area (Å²) in [5.41, 5.74) is 10.1. The molecule has 48 heavy (non-hydrogen) atoms. The first-order valence-corrected chi connectivity index (χ1v) is 18.1. The standard InChI is InChI=1S/C41H46N2.ClHO4/c1-7-42(8-2)36(30(5)40-34-22-18-16-20-32(34)26-28-38(40)42)24-14-12-11-13-15-25-37-31(6)41-35-23-19-17-21-33(35)27-29-39(41)43(37,9-3)10-4;2-1(3,4)5/h11-30H,7-10H2,1-6H3;(H,2,3,4,5)/q+2;. The topological polar surface area (TPSA) is 89.4 Å². The molecule has 1 unspecified atom stereocenters. The first-order valence-electron chi connectivity index (χ1n) is 16.8. The molecule has 2 aliphatic rings. The van der Waals surface area contributed by atoms with Crippen molar-refractivity contribution in [2.24, 2.45) is 0 Å². The second-order valence-electron chi connectivity index (χ2n) is 12.4. The quantitative estimate of drug-likeness (QED) is 0.168. The molecule has 6 nitrogen and oxygen atoms in total. The van der Waals surface area contributed by atoms with E-state index in [0.717, 1.165) is 35.1 Å². The van der Waals surface area contributed by atoms with E-state index in [1.54, 1.807) is 0 Å². The van der Waals surface area contributed by atoms with Crippen molar-refractivity contribution in [2.45, 2.75) is 47.5 Å². The Bertz CT molecular complexity index is 1950. The van der Waals surface area contributed by atoms with Gasteiger partial charge in [0.1, 0.15) is 22.8 Å². The third-order valence-corrected chi connectivity index (χ3v) is 10.5. The molecule has 0 aromatic heterocycles. The molecule has 0 aliphatic carbocycles. The van der Waals surface area contributed by atoms with Gasteiger partial charge in [0.15, 0.2) is 0 Å². The molecule has 0 amide bonds. The molecule has 0 saturated carbocycles. The van der Waals surface area contributed by atoms with Crippen LogP contribution in [0.25, 0.3) is 27.1 Å². The van der Waals surface area contributed by atoms with Crippen LogP contribution in [0, 0.1) is 10.2 Å². The van der Waals surface area contributed by atoms with E-state index in [9.17, 15) is 0 Å². The second kappa shape index (κ2) is 14.3. The Morgan fingerprint density at radius 2 is 1.17 bits per heavy atom. The van der Waals surface area contributed by atoms with E-state index >= 15 is 0 Å². The minimum atomic E-state index is -4.69. The first kappa shape index (κ1) is 35.5. The Labute approximate surface area is 287 Å². The molecular formula is C41H47ClN2O4+2. The Morgan fingerprint density at radius 3 is 1.77 bits per heavy atom. The van der Waals surface area contributed by atoms with Gasteiger partial charge in [0.2, 0.25) is 0 Å². The molecule has 4 aromatic rings. The SMILES string of the molecule is CC[N+]1(CC)C(C=CC=CC=CC=C2C(C)c3c(ccc4ccccc34)[N+]2(CC)CC)=C(C)c2c1ccc1ccccc21.[O-][Cl+3]([O-])([O-])O. The Morgan fingerprint density at radius 1 is 0.667 bits per heavy atom. The van der Waals surface area contributed by atoms with Crippen molar-refractivity contribution in [3.05, 3.63) is 138 Å². The fourth-order valence-corrected chi connectivity index (χ4v) is 8.24. The van der Waals surface area contributed by atoms with Crippen LogP contribution in [0.1, 0.15) is 58.6 Å². The van der Waals surface area contributed by atoms with Gasteiger partial charge < -0.3 is 0 Å². The van der Waals surface area contributed by atoms with Gasteiger partial charge in [-0.05, 0) is 87.4 Å². The van der Waals surface area contributed by atoms with Crippen LogP contribution >= 0.6 is 0 Å². The summed E-state index contributed by atoms with van der Waals surface area (Å²) in [6.07, 6.45) is 15.7. The lowest BCUT2D eigenvalue weighted by atomic mass is 9.94. The molecule has 2 aliphatic heterocycles. The summed E-state index contributed by atoms with van der Waals surface area (Å²) >= 11 is 0. The fraction of sp³-hybridized carbons (Fsp3) is 0.268. The number of allylic oxidation sites excluding steroid dienone is 9. The lowest BCUT2D eigenvalue weighted by molar-refractivity contribution is -1.92. The van der Waals surface area contributed by atoms with Gasteiger partial charge in [0.05, 0.1) is 52.6 Å². The van der Waals surface area contributed by atoms with Gasteiger partial charge in [0, 0.05) is 23.3 Å². The van der Waals surface area contributed by atoms with Crippen molar-refractivity contribution >= 4 is 38.5 Å². The zero-order valence-electron chi connectivity index (χ0n) is 28.8. The summed E-state index contributed by atoms with van der Waals surface area (Å²) in [5, 5.41) is 5.41. The highest BCUT2D eigenvalue weighted by Crippen LogP contribution is 2.52. The van der Waals surface area contributed by atoms with Gasteiger partial charge >= 0.3 is 0 Å². The molecular weight excluding hydrogens is 620 g/mol. The largest absolute Gasteiger partial charge is 0.262 e. The minimum Gasteiger partial charge on any atom is -0.262 e. The zero-order valence-corrected chi connectivity index (χ0v) is 29.6. The number of fused-ring (bicyclic) bond motifs is 6. The van der Waals surface area contributed by atoms with E-state index in [2.05, 4.69) is 157 Å². The number of nitrogens with zero attached hydrogens (tertiary/aromatic N) is 2. The number of hydrogen-bond acceptors (Lipinski definition) is 4. The molecule has 0 radical (unpaired) electrons. The van der Waals surface area contributed by atoms with Gasteiger partial charge in [-0.15, -0.1) is 0 Å². The molecule has 250 valence electrons. The molecule has 1 N–H and O–H groups in total. The van der Waals surface area contributed by atoms with Crippen molar-refractivity contribution in [1.29, 1.82) is 0 Å². The number of quaternary nitrogens is 2. The van der Waals surface area contributed by atoms with Crippen molar-refractivity contribution in [3.63, 3.8) is 0 Å². The van der Waals surface area contributed by atoms with Gasteiger partial charge in [-0.25, -0.2) is 0 Å². The van der Waals surface area contributed by atoms with E-state index in [4.69, 9.17) is 18.6 Å². The second-order valence-corrected chi connectivity index (χ2v) is 13.2. The Hall–Kier alpha value is -3.85. The number of benzene rings is 4. The van der Waals surface area contributed by atoms with Crippen LogP contribution in [-0.4, -0.2) is 30.8 Å². The van der Waals surface area contributed by atoms with E-state index in [0.29, 0.717) is 5.92 Å². The zero-order chi connectivity index (χ0) is 34.7. The molecule has 6 rings (SSSR count). The smallest absolute Gasteiger partial charge is 0.146 e. The Balaban J connectivity index is 0.000000840. The predicted octanol–water partition coefficient (Wildman–Crippen LogP) is 6.68. The molecule has 0 saturated heterocycles. The summed E-state index contributed by atoms with van der Waals surface area (Å²) in [6.45, 7) is 18.2. The minimum absolute atomic E-state index is 0.387. The van der Waals surface area contributed by atoms with Crippen molar-refractivity contribution < 1.29 is 28.9 Å². The average molecular weight is 667 g/mol. The highest BCUT2D eigenvalue weighted by molar-refractivity contribution is 6.03. The lowest BCUT2D eigenvalue weighted by Gasteiger charge is -2.34. The van der Waals surface area contributed by atoms with E-state index in [1.807, 2.05) is 0 Å². The maximum absolute atomic E-state index is 8.60. The number of likely N-dealkylation sites (N-methyl/N-ethyl adjacent to an activating group) is 2. The number of rotatable bonds is 8. The van der Waals surface area contributed by atoms with Crippen LogP contribution in [0.4, 0.5) is 11.4 Å². The maximum Gasteiger partial charge on any atom is 0.146 e. The van der Waals surface area contributed by atoms with E-state index in [1.165, 1.54) is 61.0 Å². The van der Waals surface area contributed by atoms with Crippen LogP contribution in [0.3, 0.4) is 0 Å². The van der Waals surface area contributed by atoms with Crippen molar-refractivity contribution in [2.75, 3.05) is 26.2 Å². The van der Waals surface area contributed by atoms with Crippen LogP contribution in [-0.2, 0) is 0 Å². The maximum atomic E-state index is 8.60. The third kappa shape index (κ3) is 6.33. The lowest BCUT2D eigenvalue weighted by Crippen LogP contribution is -2.58. The highest BCUT2D eigenvalue weighted by Gasteiger charge is 2.46. The molecule has 2 heterocycles. The summed E-state index contributed by atoms with van der Waals surface area (Å²) in [5.74, 6) is 0.387. The number of hydrogen-bond donors (Lipinski definition) is 1. The van der Waals surface area contributed by atoms with Gasteiger partial charge in [-0.2, -0.15) is 14.0 Å². The van der Waals surface area contributed by atoms with E-state index in [-0.39, 0.29) is 0 Å². The van der Waals surface area contributed by atoms with Crippen LogP contribution in [0.15, 0.2) is 127 Å². The van der Waals surface area contributed by atoms with Gasteiger partial charge in [-0.3, -0.25) is 8.97 Å². The van der Waals surface area contributed by atoms with Crippen LogP contribution in [0.2, 0.25) is 0 Å². The monoisotopic (exact) mass is 666 g/mol. The van der Waals surface area contributed by atoms with E-state index < -0.39 is 10.2 Å². The molecule has 0 bridgehead atoms. The molecule has 0 spiro atoms. The van der Waals surface area contributed by atoms with Crippen LogP contribution in [0.5, 0.6) is 0 Å². The van der Waals surface area contributed by atoms with Crippen molar-refractivity contribution in [1.82, 2.24) is 8.97 Å². The predicted molar refractivity (Wildman–Crippen MR) is 192 cm³/mol. The summed E-state index contributed by atoms with van der Waals surface area (Å²) in [7, 11) is -4.69. The molecule has 1 atom stereocenters. The Kier molecular flexibility index (Phi) is 10.6. The normalized spacial score (nSPS) is 19.2. The van der Waals surface area contributed by atoms with Crippen LogP contribution < -0.4 is 22.9 Å². The summed E-state index contributed by atoms with van der Waals surface area (Å²) in [4.78, 5) is 0. The number of halogens is 1. The molecule has 4 aromatic carbocycles. The molecule has 7 heteroatoms. The van der Waals surface area contributed by atoms with Gasteiger partial charge in [-0.1, -0.05) is 78.9 Å². The first-order chi connectivity index (χ1) is 23.0. The highest BCUT2D eigenvalue weighted by atomic mass is 35.7. The average Bonchev–Trinajstić information content (AvgIpc) is 3.48. The van der Waals surface area contributed by atoms with Gasteiger partial charge in [0.25, 0.3) is 0 Å². The summed E-state index contributed by atoms with van der Waals surface area (Å²) < 4.78 is 34.6. The van der Waals surface area contributed by atoms with Crippen molar-refractivity contribution in [3.8, 4) is 0 Å². The fourth-order valence-electron chi connectivity index (χ4n) is 8.24. The molecule has 0 fully saturated rings.